The van der Waals surface area contributed by atoms with Gasteiger partial charge in [0, 0.05) is 0 Å². The summed E-state index contributed by atoms with van der Waals surface area (Å²) in [6.45, 7) is 0. The van der Waals surface area contributed by atoms with Gasteiger partial charge in [-0.25, -0.2) is 0 Å². The summed E-state index contributed by atoms with van der Waals surface area (Å²) in [5.74, 6) is 0. The summed E-state index contributed by atoms with van der Waals surface area (Å²) in [5, 5.41) is 0. The van der Waals surface area contributed by atoms with Crippen LogP contribution in [0.2, 0.25) is 0 Å². The van der Waals surface area contributed by atoms with Crippen LogP contribution in [0.5, 0.6) is 0 Å². The van der Waals surface area contributed by atoms with Crippen molar-refractivity contribution in [3.8, 4) is 0 Å². The zero-order valence-electron chi connectivity index (χ0n) is 7.31. The Kier molecular flexibility index (Phi) is 11.9. The molecule has 0 aromatic rings. The molecule has 0 aliphatic rings. The van der Waals surface area contributed by atoms with Crippen LogP contribution in [0, 0.1) is 0 Å². The van der Waals surface area contributed by atoms with Crippen molar-refractivity contribution in [3.63, 3.8) is 0 Å². The summed E-state index contributed by atoms with van der Waals surface area (Å²) in [6, 6.07) is 0. The maximum Gasteiger partial charge on any atom is -0.0229 e. The molecule has 0 atom stereocenters. The molecule has 0 aliphatic carbocycles. The monoisotopic (exact) mass is 294 g/mol. The molecule has 12 heavy (non-hydrogen) atoms. The van der Waals surface area contributed by atoms with Crippen molar-refractivity contribution in [2.45, 2.75) is 38.5 Å². The Morgan fingerprint density at radius 2 is 1.08 bits per heavy atom. The minimum Gasteiger partial charge on any atom is -0.0776 e. The SMILES string of the molecule is Br/C=C\CCCCCC/C=C\Br. The zero-order valence-corrected chi connectivity index (χ0v) is 10.5. The van der Waals surface area contributed by atoms with Crippen LogP contribution in [0.25, 0.3) is 0 Å². The van der Waals surface area contributed by atoms with Gasteiger partial charge in [0.05, 0.1) is 0 Å². The van der Waals surface area contributed by atoms with Gasteiger partial charge >= 0.3 is 0 Å². The van der Waals surface area contributed by atoms with E-state index in [1.54, 1.807) is 0 Å². The molecule has 0 heterocycles. The highest BCUT2D eigenvalue weighted by molar-refractivity contribution is 9.11. The fraction of sp³-hybridized carbons (Fsp3) is 0.600. The molecule has 0 aromatic carbocycles. The highest BCUT2D eigenvalue weighted by Crippen LogP contribution is 2.07. The lowest BCUT2D eigenvalue weighted by Crippen LogP contribution is -1.75. The second kappa shape index (κ2) is 11.4. The Morgan fingerprint density at radius 3 is 1.42 bits per heavy atom. The van der Waals surface area contributed by atoms with Gasteiger partial charge in [0.1, 0.15) is 0 Å². The van der Waals surface area contributed by atoms with E-state index in [1.807, 2.05) is 9.97 Å². The molecular weight excluding hydrogens is 280 g/mol. The van der Waals surface area contributed by atoms with Crippen LogP contribution in [0.4, 0.5) is 0 Å². The Hall–Kier alpha value is 0.440. The summed E-state index contributed by atoms with van der Waals surface area (Å²) in [5.41, 5.74) is 0. The molecule has 0 saturated heterocycles. The third-order valence-electron chi connectivity index (χ3n) is 1.67. The summed E-state index contributed by atoms with van der Waals surface area (Å²) < 4.78 is 0. The van der Waals surface area contributed by atoms with Crippen molar-refractivity contribution in [1.29, 1.82) is 0 Å². The average molecular weight is 296 g/mol. The fourth-order valence-electron chi connectivity index (χ4n) is 1.00. The summed E-state index contributed by atoms with van der Waals surface area (Å²) in [6.07, 6.45) is 12.1. The predicted molar refractivity (Wildman–Crippen MR) is 63.8 cm³/mol. The van der Waals surface area contributed by atoms with Gasteiger partial charge in [0.15, 0.2) is 0 Å². The summed E-state index contributed by atoms with van der Waals surface area (Å²) in [4.78, 5) is 3.89. The zero-order chi connectivity index (χ0) is 9.07. The second-order valence-electron chi connectivity index (χ2n) is 2.71. The normalized spacial score (nSPS) is 11.8. The van der Waals surface area contributed by atoms with E-state index in [9.17, 15) is 0 Å². The Labute approximate surface area is 92.4 Å². The molecule has 0 radical (unpaired) electrons. The number of hydrogen-bond donors (Lipinski definition) is 0. The molecule has 0 nitrogen and oxygen atoms in total. The summed E-state index contributed by atoms with van der Waals surface area (Å²) >= 11 is 6.52. The van der Waals surface area contributed by atoms with Crippen molar-refractivity contribution in [2.75, 3.05) is 0 Å². The smallest absolute Gasteiger partial charge is 0.0229 e. The van der Waals surface area contributed by atoms with Crippen LogP contribution >= 0.6 is 31.9 Å². The van der Waals surface area contributed by atoms with Crippen LogP contribution in [0.1, 0.15) is 38.5 Å². The van der Waals surface area contributed by atoms with Crippen molar-refractivity contribution < 1.29 is 0 Å². The maximum atomic E-state index is 3.26. The molecule has 0 aromatic heterocycles. The van der Waals surface area contributed by atoms with Gasteiger partial charge in [-0.3, -0.25) is 0 Å². The molecule has 0 aliphatic heterocycles. The lowest BCUT2D eigenvalue weighted by Gasteiger charge is -1.95. The van der Waals surface area contributed by atoms with Crippen molar-refractivity contribution in [3.05, 3.63) is 22.1 Å². The molecule has 0 amide bonds. The van der Waals surface area contributed by atoms with Gasteiger partial charge in [-0.15, -0.1) is 0 Å². The highest BCUT2D eigenvalue weighted by atomic mass is 79.9. The van der Waals surface area contributed by atoms with Crippen LogP contribution in [0.3, 0.4) is 0 Å². The molecule has 0 unspecified atom stereocenters. The second-order valence-corrected chi connectivity index (χ2v) is 3.77. The van der Waals surface area contributed by atoms with Crippen LogP contribution in [-0.2, 0) is 0 Å². The molecule has 0 N–H and O–H groups in total. The van der Waals surface area contributed by atoms with E-state index < -0.39 is 0 Å². The first kappa shape index (κ1) is 12.4. The van der Waals surface area contributed by atoms with E-state index in [0.29, 0.717) is 0 Å². The van der Waals surface area contributed by atoms with Gasteiger partial charge in [-0.05, 0) is 35.7 Å². The van der Waals surface area contributed by atoms with Crippen LogP contribution < -0.4 is 0 Å². The van der Waals surface area contributed by atoms with E-state index >= 15 is 0 Å². The van der Waals surface area contributed by atoms with E-state index in [0.717, 1.165) is 0 Å². The molecule has 0 saturated carbocycles. The Balaban J connectivity index is 2.91. The Morgan fingerprint density at radius 1 is 0.667 bits per heavy atom. The molecule has 70 valence electrons. The highest BCUT2D eigenvalue weighted by Gasteiger charge is 1.86. The molecule has 0 rings (SSSR count). The van der Waals surface area contributed by atoms with Crippen molar-refractivity contribution in [1.82, 2.24) is 0 Å². The van der Waals surface area contributed by atoms with E-state index in [2.05, 4.69) is 44.0 Å². The molecule has 0 fully saturated rings. The molecule has 2 heteroatoms. The standard InChI is InChI=1S/C10H16Br2/c11-9-7-5-3-1-2-4-6-8-10-12/h7-10H,1-6H2/b9-7-,10-8-. The minimum atomic E-state index is 1.21. The van der Waals surface area contributed by atoms with Gasteiger partial charge in [-0.2, -0.15) is 0 Å². The lowest BCUT2D eigenvalue weighted by atomic mass is 10.1. The third kappa shape index (κ3) is 10.4. The molecule has 0 bridgehead atoms. The maximum absolute atomic E-state index is 3.26. The number of unbranched alkanes of at least 4 members (excludes halogenated alkanes) is 5. The average Bonchev–Trinajstić information content (AvgIpc) is 2.10. The van der Waals surface area contributed by atoms with E-state index in [-0.39, 0.29) is 0 Å². The number of allylic oxidation sites excluding steroid dienone is 2. The van der Waals surface area contributed by atoms with E-state index in [1.165, 1.54) is 38.5 Å². The predicted octanol–water partition coefficient (Wildman–Crippen LogP) is 5.14. The Bertz CT molecular complexity index is 112. The number of halogens is 2. The van der Waals surface area contributed by atoms with Crippen molar-refractivity contribution >= 4 is 31.9 Å². The first-order chi connectivity index (χ1) is 5.91. The largest absolute Gasteiger partial charge is 0.0776 e. The fourth-order valence-corrected chi connectivity index (χ4v) is 1.53. The van der Waals surface area contributed by atoms with Crippen molar-refractivity contribution in [2.24, 2.45) is 0 Å². The molecule has 0 spiro atoms. The quantitative estimate of drug-likeness (QED) is 0.570. The van der Waals surface area contributed by atoms with Gasteiger partial charge in [0.2, 0.25) is 0 Å². The lowest BCUT2D eigenvalue weighted by molar-refractivity contribution is 0.653. The first-order valence-corrected chi connectivity index (χ1v) is 6.25. The first-order valence-electron chi connectivity index (χ1n) is 4.42. The van der Waals surface area contributed by atoms with Crippen LogP contribution in [0.15, 0.2) is 22.1 Å². The third-order valence-corrected chi connectivity index (χ3v) is 2.42. The van der Waals surface area contributed by atoms with Crippen LogP contribution in [-0.4, -0.2) is 0 Å². The van der Waals surface area contributed by atoms with Gasteiger partial charge in [0.25, 0.3) is 0 Å². The van der Waals surface area contributed by atoms with Gasteiger partial charge in [-0.1, -0.05) is 56.9 Å². The number of hydrogen-bond acceptors (Lipinski definition) is 0. The topological polar surface area (TPSA) is 0 Å². The number of rotatable bonds is 7. The van der Waals surface area contributed by atoms with Gasteiger partial charge < -0.3 is 0 Å². The van der Waals surface area contributed by atoms with E-state index in [4.69, 9.17) is 0 Å². The minimum absolute atomic E-state index is 1.21. The summed E-state index contributed by atoms with van der Waals surface area (Å²) in [7, 11) is 0. The molecular formula is C10H16Br2.